The highest BCUT2D eigenvalue weighted by Gasteiger charge is 2.41. The summed E-state index contributed by atoms with van der Waals surface area (Å²) in [5, 5.41) is 0. The van der Waals surface area contributed by atoms with Gasteiger partial charge in [-0.3, -0.25) is 0 Å². The van der Waals surface area contributed by atoms with Gasteiger partial charge in [0.15, 0.2) is 23.3 Å². The third-order valence-electron chi connectivity index (χ3n) is 14.8. The zero-order chi connectivity index (χ0) is 49.0. The summed E-state index contributed by atoms with van der Waals surface area (Å²) in [6, 6.07) is 92.5. The molecule has 2 heterocycles. The Morgan fingerprint density at radius 1 is 0.189 bits per heavy atom. The molecule has 0 saturated heterocycles. The minimum Gasteiger partial charge on any atom is -0.228 e. The van der Waals surface area contributed by atoms with Gasteiger partial charge in [0, 0.05) is 45.2 Å². The van der Waals surface area contributed by atoms with Crippen LogP contribution >= 0.6 is 0 Å². The molecule has 10 aromatic carbocycles. The van der Waals surface area contributed by atoms with Crippen LogP contribution in [0.5, 0.6) is 0 Å². The van der Waals surface area contributed by atoms with E-state index in [9.17, 15) is 0 Å². The summed E-state index contributed by atoms with van der Waals surface area (Å²) in [7, 11) is 0. The van der Waals surface area contributed by atoms with Crippen molar-refractivity contribution in [3.05, 3.63) is 294 Å². The number of hydrogen-bond donors (Lipinski definition) is 0. The number of hydrogen-bond acceptors (Lipinski definition) is 5. The molecule has 12 aromatic rings. The number of benzene rings is 10. The van der Waals surface area contributed by atoms with E-state index in [1.165, 1.54) is 61.2 Å². The number of aromatic nitrogens is 5. The van der Waals surface area contributed by atoms with Gasteiger partial charge in [0.05, 0.1) is 11.4 Å². The van der Waals surface area contributed by atoms with Crippen molar-refractivity contribution in [1.29, 1.82) is 0 Å². The fourth-order valence-corrected chi connectivity index (χ4v) is 11.2. The summed E-state index contributed by atoms with van der Waals surface area (Å²) in [6.07, 6.45) is 0. The maximum atomic E-state index is 5.32. The molecule has 0 N–H and O–H groups in total. The minimum absolute atomic E-state index is 0.0365. The van der Waals surface area contributed by atoms with Gasteiger partial charge in [-0.25, -0.2) is 24.9 Å². The Balaban J connectivity index is 0.856. The number of nitrogens with zero attached hydrogens (tertiary/aromatic N) is 5. The molecule has 0 radical (unpaired) electrons. The van der Waals surface area contributed by atoms with Crippen LogP contribution < -0.4 is 0 Å². The van der Waals surface area contributed by atoms with Crippen molar-refractivity contribution in [2.75, 3.05) is 0 Å². The summed E-state index contributed by atoms with van der Waals surface area (Å²) < 4.78 is 0. The summed E-state index contributed by atoms with van der Waals surface area (Å²) in [4.78, 5) is 25.8. The zero-order valence-electron chi connectivity index (χ0n) is 40.2. The molecule has 2 unspecified atom stereocenters. The standard InChI is InChI=1S/C69H45N5/c1-6-18-44(19-7-1)51-34-37-54(45-20-8-2-9-21-45)59(40-51)46-30-32-47(33-31-46)62-43-63(71-66(70-62)48-22-10-3-11-23-48)52-35-38-57-60(41-52)64-55-28-16-17-29-56(55)65(57)61-42-53(36-39-58(61)64)69-73-67(49-24-12-4-13-25-49)72-68(74-69)50-26-14-5-15-27-50/h1-43,64-65H. The van der Waals surface area contributed by atoms with Crippen LogP contribution in [0.15, 0.2) is 261 Å². The molecule has 0 amide bonds. The van der Waals surface area contributed by atoms with Crippen LogP contribution in [0.3, 0.4) is 0 Å². The zero-order valence-corrected chi connectivity index (χ0v) is 40.2. The van der Waals surface area contributed by atoms with Crippen LogP contribution in [0.4, 0.5) is 0 Å². The third-order valence-corrected chi connectivity index (χ3v) is 14.8. The van der Waals surface area contributed by atoms with Gasteiger partial charge in [0.2, 0.25) is 0 Å². The van der Waals surface area contributed by atoms with Gasteiger partial charge in [-0.15, -0.1) is 0 Å². The summed E-state index contributed by atoms with van der Waals surface area (Å²) in [5.74, 6) is 2.73. The Bertz CT molecular complexity index is 3990. The lowest BCUT2D eigenvalue weighted by Gasteiger charge is -2.42. The van der Waals surface area contributed by atoms with E-state index in [0.717, 1.165) is 50.3 Å². The highest BCUT2D eigenvalue weighted by atomic mass is 15.0. The first-order valence-corrected chi connectivity index (χ1v) is 25.2. The lowest BCUT2D eigenvalue weighted by Crippen LogP contribution is -2.27. The van der Waals surface area contributed by atoms with E-state index in [1.54, 1.807) is 0 Å². The molecule has 3 aliphatic rings. The van der Waals surface area contributed by atoms with Crippen LogP contribution in [-0.4, -0.2) is 24.9 Å². The second-order valence-corrected chi connectivity index (χ2v) is 19.1. The first kappa shape index (κ1) is 43.1. The van der Waals surface area contributed by atoms with E-state index in [4.69, 9.17) is 24.9 Å². The Kier molecular flexibility index (Phi) is 10.6. The normalized spacial score (nSPS) is 13.9. The van der Waals surface area contributed by atoms with Crippen molar-refractivity contribution in [2.24, 2.45) is 0 Å². The predicted octanol–water partition coefficient (Wildman–Crippen LogP) is 16.7. The smallest absolute Gasteiger partial charge is 0.164 e. The Labute approximate surface area is 430 Å². The molecule has 0 aliphatic heterocycles. The fraction of sp³-hybridized carbons (Fsp3) is 0.0290. The summed E-state index contributed by atoms with van der Waals surface area (Å²) in [5.41, 5.74) is 22.6. The average Bonchev–Trinajstić information content (AvgIpc) is 3.50. The fourth-order valence-electron chi connectivity index (χ4n) is 11.2. The van der Waals surface area contributed by atoms with E-state index in [2.05, 4.69) is 218 Å². The molecule has 15 rings (SSSR count). The van der Waals surface area contributed by atoms with Gasteiger partial charge >= 0.3 is 0 Å². The van der Waals surface area contributed by atoms with Gasteiger partial charge in [0.1, 0.15) is 0 Å². The van der Waals surface area contributed by atoms with E-state index in [1.807, 2.05) is 42.5 Å². The SMILES string of the molecule is c1ccc(-c2ccc(-c3ccccc3)c(-c3ccc(-c4cc(-c5ccc6c(c5)C5c7ccccc7C6c6cc(-c7nc(-c8ccccc8)nc(-c8ccccc8)n7)ccc65)nc(-c5ccccc5)n4)cc3)c2)cc1. The van der Waals surface area contributed by atoms with Crippen LogP contribution in [0, 0.1) is 0 Å². The first-order chi connectivity index (χ1) is 36.7. The predicted molar refractivity (Wildman–Crippen MR) is 299 cm³/mol. The molecule has 2 aromatic heterocycles. The van der Waals surface area contributed by atoms with Gasteiger partial charge in [-0.1, -0.05) is 237 Å². The Morgan fingerprint density at radius 2 is 0.541 bits per heavy atom. The molecule has 5 heteroatoms. The van der Waals surface area contributed by atoms with Crippen LogP contribution in [0.25, 0.3) is 101 Å². The Morgan fingerprint density at radius 3 is 1.07 bits per heavy atom. The topological polar surface area (TPSA) is 64.5 Å². The number of rotatable bonds is 9. The van der Waals surface area contributed by atoms with Crippen molar-refractivity contribution < 1.29 is 0 Å². The van der Waals surface area contributed by atoms with Crippen molar-refractivity contribution in [3.63, 3.8) is 0 Å². The van der Waals surface area contributed by atoms with E-state index in [0.29, 0.717) is 23.3 Å². The average molecular weight is 944 g/mol. The van der Waals surface area contributed by atoms with Crippen LogP contribution in [0.2, 0.25) is 0 Å². The highest BCUT2D eigenvalue weighted by Crippen LogP contribution is 2.57. The summed E-state index contributed by atoms with van der Waals surface area (Å²) in [6.45, 7) is 0. The highest BCUT2D eigenvalue weighted by molar-refractivity contribution is 5.88. The molecular formula is C69H45N5. The molecule has 0 spiro atoms. The molecule has 74 heavy (non-hydrogen) atoms. The van der Waals surface area contributed by atoms with Crippen molar-refractivity contribution in [1.82, 2.24) is 24.9 Å². The maximum Gasteiger partial charge on any atom is 0.164 e. The first-order valence-electron chi connectivity index (χ1n) is 25.2. The molecule has 0 fully saturated rings. The molecule has 2 atom stereocenters. The van der Waals surface area contributed by atoms with Crippen LogP contribution in [0.1, 0.15) is 45.2 Å². The third kappa shape index (κ3) is 7.70. The maximum absolute atomic E-state index is 5.32. The summed E-state index contributed by atoms with van der Waals surface area (Å²) >= 11 is 0. The van der Waals surface area contributed by atoms with E-state index >= 15 is 0 Å². The second kappa shape index (κ2) is 18.2. The van der Waals surface area contributed by atoms with Gasteiger partial charge in [-0.2, -0.15) is 0 Å². The molecule has 5 nitrogen and oxygen atoms in total. The lowest BCUT2D eigenvalue weighted by atomic mass is 9.60. The minimum atomic E-state index is 0.0365. The van der Waals surface area contributed by atoms with Crippen molar-refractivity contribution >= 4 is 0 Å². The quantitative estimate of drug-likeness (QED) is 0.144. The van der Waals surface area contributed by atoms with Crippen molar-refractivity contribution in [3.8, 4) is 101 Å². The van der Waals surface area contributed by atoms with Crippen LogP contribution in [-0.2, 0) is 0 Å². The monoisotopic (exact) mass is 943 g/mol. The molecular weight excluding hydrogens is 899 g/mol. The van der Waals surface area contributed by atoms with Gasteiger partial charge in [-0.05, 0) is 91.0 Å². The van der Waals surface area contributed by atoms with E-state index < -0.39 is 0 Å². The van der Waals surface area contributed by atoms with E-state index in [-0.39, 0.29) is 11.8 Å². The molecule has 0 saturated carbocycles. The van der Waals surface area contributed by atoms with Crippen molar-refractivity contribution in [2.45, 2.75) is 11.8 Å². The molecule has 346 valence electrons. The van der Waals surface area contributed by atoms with Gasteiger partial charge < -0.3 is 0 Å². The Hall–Kier alpha value is -9.71. The largest absolute Gasteiger partial charge is 0.228 e. The van der Waals surface area contributed by atoms with Gasteiger partial charge in [0.25, 0.3) is 0 Å². The molecule has 2 bridgehead atoms. The lowest BCUT2D eigenvalue weighted by molar-refractivity contribution is 0.754. The molecule has 3 aliphatic carbocycles. The second-order valence-electron chi connectivity index (χ2n) is 19.1.